The van der Waals surface area contributed by atoms with Crippen molar-refractivity contribution in [3.63, 3.8) is 0 Å². The SMILES string of the molecule is NCC1CCC(COC(=O)NC2CC(=O)NC2=O)CC1.O=C(O)C(F)(F)F. The fourth-order valence-corrected chi connectivity index (χ4v) is 2.68. The fraction of sp³-hybridized carbons (Fsp3) is 0.733. The molecule has 12 heteroatoms. The van der Waals surface area contributed by atoms with E-state index >= 15 is 0 Å². The number of alkyl halides is 3. The lowest BCUT2D eigenvalue weighted by Crippen LogP contribution is -2.41. The van der Waals surface area contributed by atoms with Gasteiger partial charge in [-0.25, -0.2) is 9.59 Å². The molecule has 0 aromatic carbocycles. The maximum atomic E-state index is 11.6. The Morgan fingerprint density at radius 3 is 2.11 bits per heavy atom. The highest BCUT2D eigenvalue weighted by molar-refractivity contribution is 6.06. The number of hydrogen-bond acceptors (Lipinski definition) is 6. The van der Waals surface area contributed by atoms with Crippen LogP contribution in [-0.2, 0) is 19.1 Å². The normalized spacial score (nSPS) is 25.1. The molecule has 1 heterocycles. The minimum atomic E-state index is -5.08. The third kappa shape index (κ3) is 8.24. The molecular formula is C15H22F3N3O6. The molecule has 3 amide bonds. The summed E-state index contributed by atoms with van der Waals surface area (Å²) >= 11 is 0. The van der Waals surface area contributed by atoms with E-state index in [0.717, 1.165) is 32.2 Å². The summed E-state index contributed by atoms with van der Waals surface area (Å²) in [5.41, 5.74) is 5.63. The number of rotatable bonds is 4. The minimum absolute atomic E-state index is 0.0183. The van der Waals surface area contributed by atoms with E-state index < -0.39 is 30.2 Å². The van der Waals surface area contributed by atoms with Crippen molar-refractivity contribution in [1.82, 2.24) is 10.6 Å². The first kappa shape index (κ1) is 22.7. The van der Waals surface area contributed by atoms with Gasteiger partial charge in [-0.15, -0.1) is 0 Å². The van der Waals surface area contributed by atoms with E-state index in [9.17, 15) is 27.6 Å². The standard InChI is InChI=1S/C13H21N3O4.C2HF3O2/c14-6-8-1-3-9(4-2-8)7-20-13(19)15-10-5-11(17)16-12(10)18;3-2(4,5)1(6)7/h8-10H,1-7,14H2,(H,15,19)(H,16,17,18);(H,6,7). The average molecular weight is 397 g/mol. The molecule has 1 saturated heterocycles. The van der Waals surface area contributed by atoms with Crippen LogP contribution in [-0.4, -0.2) is 54.4 Å². The summed E-state index contributed by atoms with van der Waals surface area (Å²) in [5.74, 6) is -2.65. The smallest absolute Gasteiger partial charge is 0.475 e. The molecule has 1 aliphatic heterocycles. The zero-order valence-corrected chi connectivity index (χ0v) is 14.4. The van der Waals surface area contributed by atoms with Gasteiger partial charge in [0.1, 0.15) is 6.04 Å². The quantitative estimate of drug-likeness (QED) is 0.506. The van der Waals surface area contributed by atoms with Gasteiger partial charge in [0.25, 0.3) is 0 Å². The van der Waals surface area contributed by atoms with Gasteiger partial charge < -0.3 is 20.9 Å². The van der Waals surface area contributed by atoms with Crippen LogP contribution in [0, 0.1) is 11.8 Å². The molecule has 9 nitrogen and oxygen atoms in total. The molecule has 2 fully saturated rings. The number of nitrogens with one attached hydrogen (secondary N) is 2. The summed E-state index contributed by atoms with van der Waals surface area (Å²) in [6.45, 7) is 1.07. The highest BCUT2D eigenvalue weighted by Crippen LogP contribution is 2.28. The molecule has 0 radical (unpaired) electrons. The molecule has 1 saturated carbocycles. The molecule has 1 aliphatic carbocycles. The summed E-state index contributed by atoms with van der Waals surface area (Å²) in [5, 5.41) is 11.7. The van der Waals surface area contributed by atoms with Crippen LogP contribution in [0.1, 0.15) is 32.1 Å². The Morgan fingerprint density at radius 1 is 1.19 bits per heavy atom. The van der Waals surface area contributed by atoms with Crippen molar-refractivity contribution in [3.05, 3.63) is 0 Å². The van der Waals surface area contributed by atoms with Crippen LogP contribution in [0.25, 0.3) is 0 Å². The average Bonchev–Trinajstić information content (AvgIpc) is 2.90. The summed E-state index contributed by atoms with van der Waals surface area (Å²) in [6.07, 6.45) is -1.57. The van der Waals surface area contributed by atoms with E-state index in [0.29, 0.717) is 18.4 Å². The number of carboxylic acid groups (broad SMARTS) is 1. The first-order chi connectivity index (χ1) is 12.5. The van der Waals surface area contributed by atoms with Gasteiger partial charge in [0.15, 0.2) is 0 Å². The lowest BCUT2D eigenvalue weighted by molar-refractivity contribution is -0.192. The van der Waals surface area contributed by atoms with Crippen LogP contribution in [0.5, 0.6) is 0 Å². The number of carbonyl (C=O) groups excluding carboxylic acids is 3. The van der Waals surface area contributed by atoms with Crippen molar-refractivity contribution >= 4 is 23.9 Å². The molecule has 27 heavy (non-hydrogen) atoms. The number of imide groups is 1. The number of nitrogens with two attached hydrogens (primary N) is 1. The monoisotopic (exact) mass is 397 g/mol. The van der Waals surface area contributed by atoms with Crippen LogP contribution < -0.4 is 16.4 Å². The van der Waals surface area contributed by atoms with E-state index in [2.05, 4.69) is 10.6 Å². The zero-order valence-electron chi connectivity index (χ0n) is 14.4. The molecule has 0 bridgehead atoms. The van der Waals surface area contributed by atoms with Crippen LogP contribution in [0.4, 0.5) is 18.0 Å². The topological polar surface area (TPSA) is 148 Å². The maximum absolute atomic E-state index is 11.6. The number of ether oxygens (including phenoxy) is 1. The second-order valence-electron chi connectivity index (χ2n) is 6.34. The predicted molar refractivity (Wildman–Crippen MR) is 84.2 cm³/mol. The van der Waals surface area contributed by atoms with Crippen LogP contribution in [0.2, 0.25) is 0 Å². The Hall–Kier alpha value is -2.37. The van der Waals surface area contributed by atoms with Gasteiger partial charge in [0, 0.05) is 0 Å². The van der Waals surface area contributed by atoms with E-state index in [4.69, 9.17) is 20.4 Å². The predicted octanol–water partition coefficient (Wildman–Crippen LogP) is 0.526. The largest absolute Gasteiger partial charge is 0.490 e. The number of carboxylic acids is 1. The number of hydrogen-bond donors (Lipinski definition) is 4. The second-order valence-corrected chi connectivity index (χ2v) is 6.34. The van der Waals surface area contributed by atoms with E-state index in [1.807, 2.05) is 0 Å². The molecule has 2 aliphatic rings. The highest BCUT2D eigenvalue weighted by Gasteiger charge is 2.38. The van der Waals surface area contributed by atoms with Gasteiger partial charge in [0.2, 0.25) is 11.8 Å². The Balaban J connectivity index is 0.000000445. The maximum Gasteiger partial charge on any atom is 0.490 e. The lowest BCUT2D eigenvalue weighted by atomic mass is 9.82. The number of aliphatic carboxylic acids is 1. The molecule has 0 aromatic heterocycles. The zero-order chi connectivity index (χ0) is 20.6. The third-order valence-corrected chi connectivity index (χ3v) is 4.25. The fourth-order valence-electron chi connectivity index (χ4n) is 2.68. The number of halogens is 3. The van der Waals surface area contributed by atoms with Crippen LogP contribution >= 0.6 is 0 Å². The van der Waals surface area contributed by atoms with Gasteiger partial charge in [-0.1, -0.05) is 0 Å². The lowest BCUT2D eigenvalue weighted by Gasteiger charge is -2.27. The van der Waals surface area contributed by atoms with Crippen LogP contribution in [0.15, 0.2) is 0 Å². The Kier molecular flexibility index (Phi) is 8.47. The van der Waals surface area contributed by atoms with Crippen molar-refractivity contribution in [1.29, 1.82) is 0 Å². The molecule has 1 atom stereocenters. The van der Waals surface area contributed by atoms with Gasteiger partial charge >= 0.3 is 18.2 Å². The van der Waals surface area contributed by atoms with Gasteiger partial charge in [-0.3, -0.25) is 14.9 Å². The molecule has 154 valence electrons. The molecule has 0 spiro atoms. The minimum Gasteiger partial charge on any atom is -0.475 e. The summed E-state index contributed by atoms with van der Waals surface area (Å²) in [6, 6.07) is -0.803. The Bertz CT molecular complexity index is 561. The van der Waals surface area contributed by atoms with E-state index in [1.165, 1.54) is 0 Å². The van der Waals surface area contributed by atoms with Gasteiger partial charge in [-0.05, 0) is 44.1 Å². The first-order valence-corrected chi connectivity index (χ1v) is 8.30. The van der Waals surface area contributed by atoms with Crippen molar-refractivity contribution in [3.8, 4) is 0 Å². The van der Waals surface area contributed by atoms with Crippen molar-refractivity contribution in [2.75, 3.05) is 13.2 Å². The Morgan fingerprint density at radius 2 is 1.70 bits per heavy atom. The molecule has 2 rings (SSSR count). The highest BCUT2D eigenvalue weighted by atomic mass is 19.4. The summed E-state index contributed by atoms with van der Waals surface area (Å²) in [7, 11) is 0. The number of alkyl carbamates (subject to hydrolysis) is 1. The molecule has 0 aromatic rings. The van der Waals surface area contributed by atoms with Crippen molar-refractivity contribution in [2.45, 2.75) is 44.3 Å². The summed E-state index contributed by atoms with van der Waals surface area (Å²) in [4.78, 5) is 42.7. The van der Waals surface area contributed by atoms with Crippen molar-refractivity contribution in [2.24, 2.45) is 17.6 Å². The summed E-state index contributed by atoms with van der Waals surface area (Å²) < 4.78 is 36.9. The van der Waals surface area contributed by atoms with Crippen molar-refractivity contribution < 1.29 is 42.2 Å². The van der Waals surface area contributed by atoms with E-state index in [-0.39, 0.29) is 12.3 Å². The number of carbonyl (C=O) groups is 4. The van der Waals surface area contributed by atoms with Gasteiger partial charge in [0.05, 0.1) is 13.0 Å². The first-order valence-electron chi connectivity index (χ1n) is 8.30. The number of amides is 3. The van der Waals surface area contributed by atoms with E-state index in [1.54, 1.807) is 0 Å². The van der Waals surface area contributed by atoms with Crippen LogP contribution in [0.3, 0.4) is 0 Å². The molecule has 5 N–H and O–H groups in total. The molecule has 1 unspecified atom stereocenters. The molecular weight excluding hydrogens is 375 g/mol. The van der Waals surface area contributed by atoms with Gasteiger partial charge in [-0.2, -0.15) is 13.2 Å². The third-order valence-electron chi connectivity index (χ3n) is 4.25. The second kappa shape index (κ2) is 10.1. The Labute approximate surface area is 152 Å².